The third kappa shape index (κ3) is 4.33. The van der Waals surface area contributed by atoms with Crippen LogP contribution in [0, 0.1) is 13.8 Å². The van der Waals surface area contributed by atoms with Gasteiger partial charge in [-0.05, 0) is 31.4 Å². The minimum atomic E-state index is -0.440. The van der Waals surface area contributed by atoms with Crippen LogP contribution in [-0.2, 0) is 6.54 Å². The number of thiazole rings is 1. The average Bonchev–Trinajstić information content (AvgIpc) is 3.59. The van der Waals surface area contributed by atoms with Crippen molar-refractivity contribution >= 4 is 45.5 Å². The Bertz CT molecular complexity index is 1490. The van der Waals surface area contributed by atoms with Gasteiger partial charge in [0.25, 0.3) is 11.8 Å². The number of thiophene rings is 1. The molecule has 0 saturated carbocycles. The number of pyridine rings is 1. The van der Waals surface area contributed by atoms with Gasteiger partial charge in [0, 0.05) is 16.1 Å². The number of aryl methyl sites for hydroxylation is 2. The van der Waals surface area contributed by atoms with Crippen LogP contribution in [0.2, 0.25) is 0 Å². The van der Waals surface area contributed by atoms with Gasteiger partial charge in [0.2, 0.25) is 0 Å². The molecule has 0 spiro atoms. The first-order chi connectivity index (χ1) is 16.5. The molecule has 2 amide bonds. The van der Waals surface area contributed by atoms with E-state index in [1.165, 1.54) is 11.3 Å². The monoisotopic (exact) mass is 488 g/mol. The summed E-state index contributed by atoms with van der Waals surface area (Å²) in [5.41, 5.74) is 8.28. The number of carbonyl (C=O) groups is 2. The van der Waals surface area contributed by atoms with Crippen LogP contribution in [0.15, 0.2) is 60.1 Å². The summed E-state index contributed by atoms with van der Waals surface area (Å²) < 4.78 is 1.77. The maximum Gasteiger partial charge on any atom is 0.281 e. The molecule has 0 fully saturated rings. The first-order valence-electron chi connectivity index (χ1n) is 10.5. The minimum Gasteiger partial charge on any atom is -0.267 e. The molecule has 0 saturated heterocycles. The Morgan fingerprint density at radius 3 is 2.56 bits per heavy atom. The molecule has 10 heteroatoms. The van der Waals surface area contributed by atoms with Gasteiger partial charge in [0.15, 0.2) is 5.65 Å². The SMILES string of the molecule is Cc1cc(C(=O)NNC(=O)c2sc(-c3ccccc3)nc2C)c2cnn(Cc3cccs3)c2n1. The third-order valence-corrected chi connectivity index (χ3v) is 7.25. The number of aromatic nitrogens is 4. The standard InChI is InChI=1S/C24H20N6O2S2/c1-14-11-18(19-12-25-30(21(19)26-14)13-17-9-6-10-33-17)22(31)28-29-23(32)20-15(2)27-24(34-20)16-7-4-3-5-8-16/h3-12H,13H2,1-2H3,(H,28,31)(H,29,32). The molecule has 5 aromatic rings. The predicted octanol–water partition coefficient (Wildman–Crippen LogP) is 4.36. The average molecular weight is 489 g/mol. The van der Waals surface area contributed by atoms with Gasteiger partial charge in [0.1, 0.15) is 9.88 Å². The molecule has 0 aliphatic heterocycles. The molecule has 170 valence electrons. The van der Waals surface area contributed by atoms with Gasteiger partial charge in [-0.25, -0.2) is 14.6 Å². The molecule has 4 aromatic heterocycles. The van der Waals surface area contributed by atoms with Crippen molar-refractivity contribution in [3.05, 3.63) is 86.8 Å². The van der Waals surface area contributed by atoms with Gasteiger partial charge in [-0.15, -0.1) is 22.7 Å². The zero-order valence-corrected chi connectivity index (χ0v) is 20.0. The van der Waals surface area contributed by atoms with Gasteiger partial charge >= 0.3 is 0 Å². The van der Waals surface area contributed by atoms with Crippen molar-refractivity contribution in [3.63, 3.8) is 0 Å². The molecule has 34 heavy (non-hydrogen) atoms. The second-order valence-corrected chi connectivity index (χ2v) is 9.67. The Morgan fingerprint density at radius 2 is 1.79 bits per heavy atom. The summed E-state index contributed by atoms with van der Waals surface area (Å²) in [4.78, 5) is 36.4. The van der Waals surface area contributed by atoms with Crippen molar-refractivity contribution in [2.45, 2.75) is 20.4 Å². The lowest BCUT2D eigenvalue weighted by Gasteiger charge is -2.09. The second-order valence-electron chi connectivity index (χ2n) is 7.64. The fourth-order valence-corrected chi connectivity index (χ4v) is 5.23. The molecular weight excluding hydrogens is 468 g/mol. The highest BCUT2D eigenvalue weighted by molar-refractivity contribution is 7.17. The number of hydrazine groups is 1. The molecule has 2 N–H and O–H groups in total. The fraction of sp³-hybridized carbons (Fsp3) is 0.125. The van der Waals surface area contributed by atoms with Crippen LogP contribution in [0.25, 0.3) is 21.6 Å². The smallest absolute Gasteiger partial charge is 0.267 e. The van der Waals surface area contributed by atoms with Crippen LogP contribution in [-0.4, -0.2) is 31.6 Å². The van der Waals surface area contributed by atoms with E-state index in [0.29, 0.717) is 39.4 Å². The molecular formula is C24H20N6O2S2. The van der Waals surface area contributed by atoms with Crippen LogP contribution in [0.3, 0.4) is 0 Å². The van der Waals surface area contributed by atoms with E-state index in [9.17, 15) is 9.59 Å². The van der Waals surface area contributed by atoms with Gasteiger partial charge in [-0.2, -0.15) is 5.10 Å². The Kier molecular flexibility index (Phi) is 5.91. The highest BCUT2D eigenvalue weighted by atomic mass is 32.1. The number of fused-ring (bicyclic) bond motifs is 1. The maximum atomic E-state index is 13.0. The minimum absolute atomic E-state index is 0.395. The van der Waals surface area contributed by atoms with Crippen LogP contribution >= 0.6 is 22.7 Å². The van der Waals surface area contributed by atoms with Gasteiger partial charge < -0.3 is 0 Å². The second kappa shape index (κ2) is 9.16. The topological polar surface area (TPSA) is 102 Å². The van der Waals surface area contributed by atoms with Crippen LogP contribution in [0.1, 0.15) is 36.3 Å². The van der Waals surface area contributed by atoms with Crippen molar-refractivity contribution in [2.75, 3.05) is 0 Å². The summed E-state index contributed by atoms with van der Waals surface area (Å²) in [5.74, 6) is -0.856. The highest BCUT2D eigenvalue weighted by Gasteiger charge is 2.19. The van der Waals surface area contributed by atoms with E-state index in [1.54, 1.807) is 35.2 Å². The Morgan fingerprint density at radius 1 is 1.00 bits per heavy atom. The summed E-state index contributed by atoms with van der Waals surface area (Å²) in [6.45, 7) is 4.17. The zero-order valence-electron chi connectivity index (χ0n) is 18.4. The number of carbonyl (C=O) groups excluding carboxylic acids is 2. The van der Waals surface area contributed by atoms with E-state index in [2.05, 4.69) is 25.9 Å². The molecule has 0 aliphatic rings. The first kappa shape index (κ1) is 21.9. The predicted molar refractivity (Wildman–Crippen MR) is 133 cm³/mol. The van der Waals surface area contributed by atoms with E-state index in [0.717, 1.165) is 15.4 Å². The number of hydrogen-bond acceptors (Lipinski definition) is 7. The maximum absolute atomic E-state index is 13.0. The molecule has 5 rings (SSSR count). The van der Waals surface area contributed by atoms with Crippen molar-refractivity contribution in [3.8, 4) is 10.6 Å². The van der Waals surface area contributed by atoms with Crippen molar-refractivity contribution in [1.29, 1.82) is 0 Å². The lowest BCUT2D eigenvalue weighted by molar-refractivity contribution is 0.0849. The Hall–Kier alpha value is -3.89. The highest BCUT2D eigenvalue weighted by Crippen LogP contribution is 2.27. The quantitative estimate of drug-likeness (QED) is 0.358. The fourth-order valence-electron chi connectivity index (χ4n) is 3.58. The normalized spacial score (nSPS) is 11.0. The Balaban J connectivity index is 1.34. The summed E-state index contributed by atoms with van der Waals surface area (Å²) in [6.07, 6.45) is 1.63. The van der Waals surface area contributed by atoms with Crippen molar-refractivity contribution in [2.24, 2.45) is 0 Å². The molecule has 0 aliphatic carbocycles. The van der Waals surface area contributed by atoms with E-state index in [-0.39, 0.29) is 0 Å². The lowest BCUT2D eigenvalue weighted by atomic mass is 10.1. The van der Waals surface area contributed by atoms with Crippen molar-refractivity contribution < 1.29 is 9.59 Å². The van der Waals surface area contributed by atoms with Crippen molar-refractivity contribution in [1.82, 2.24) is 30.6 Å². The van der Waals surface area contributed by atoms with Gasteiger partial charge in [0.05, 0.1) is 29.4 Å². The first-order valence-corrected chi connectivity index (χ1v) is 12.2. The molecule has 0 atom stereocenters. The zero-order chi connectivity index (χ0) is 23.7. The summed E-state index contributed by atoms with van der Waals surface area (Å²) >= 11 is 2.92. The number of rotatable bonds is 5. The van der Waals surface area contributed by atoms with Crippen LogP contribution in [0.4, 0.5) is 0 Å². The lowest BCUT2D eigenvalue weighted by Crippen LogP contribution is -2.41. The number of amides is 2. The molecule has 1 aromatic carbocycles. The summed E-state index contributed by atoms with van der Waals surface area (Å²) in [7, 11) is 0. The molecule has 4 heterocycles. The number of nitrogens with one attached hydrogen (secondary N) is 2. The third-order valence-electron chi connectivity index (χ3n) is 5.18. The van der Waals surface area contributed by atoms with Crippen LogP contribution in [0.5, 0.6) is 0 Å². The number of hydrogen-bond donors (Lipinski definition) is 2. The molecule has 8 nitrogen and oxygen atoms in total. The molecule has 0 bridgehead atoms. The number of nitrogens with zero attached hydrogens (tertiary/aromatic N) is 4. The molecule has 0 unspecified atom stereocenters. The van der Waals surface area contributed by atoms with Gasteiger partial charge in [-0.3, -0.25) is 20.4 Å². The van der Waals surface area contributed by atoms with E-state index in [1.807, 2.05) is 54.8 Å². The number of benzene rings is 1. The molecule has 0 radical (unpaired) electrons. The van der Waals surface area contributed by atoms with Gasteiger partial charge in [-0.1, -0.05) is 36.4 Å². The largest absolute Gasteiger partial charge is 0.281 e. The summed E-state index contributed by atoms with van der Waals surface area (Å²) in [5, 5.41) is 7.80. The Labute approximate surface area is 203 Å². The van der Waals surface area contributed by atoms with Crippen LogP contribution < -0.4 is 10.9 Å². The van der Waals surface area contributed by atoms with E-state index < -0.39 is 11.8 Å². The van der Waals surface area contributed by atoms with E-state index >= 15 is 0 Å². The summed E-state index contributed by atoms with van der Waals surface area (Å²) in [6, 6.07) is 15.4. The van der Waals surface area contributed by atoms with E-state index in [4.69, 9.17) is 0 Å².